The SMILES string of the molecule is N#Cc1cccc(-n2ccc(C(N)=O)n2)c1N. The third-order valence-corrected chi connectivity index (χ3v) is 2.29. The van der Waals surface area contributed by atoms with E-state index in [0.717, 1.165) is 0 Å². The number of carbonyl (C=O) groups excluding carboxylic acids is 1. The average Bonchev–Trinajstić information content (AvgIpc) is 2.78. The Balaban J connectivity index is 2.53. The molecule has 84 valence electrons. The van der Waals surface area contributed by atoms with Gasteiger partial charge in [0.2, 0.25) is 0 Å². The van der Waals surface area contributed by atoms with Crippen LogP contribution in [0.4, 0.5) is 5.69 Å². The summed E-state index contributed by atoms with van der Waals surface area (Å²) >= 11 is 0. The maximum Gasteiger partial charge on any atom is 0.269 e. The van der Waals surface area contributed by atoms with Gasteiger partial charge >= 0.3 is 0 Å². The van der Waals surface area contributed by atoms with Crippen molar-refractivity contribution in [3.63, 3.8) is 0 Å². The number of anilines is 1. The number of nitriles is 1. The molecule has 4 N–H and O–H groups in total. The Morgan fingerprint density at radius 2 is 2.18 bits per heavy atom. The first kappa shape index (κ1) is 10.7. The summed E-state index contributed by atoms with van der Waals surface area (Å²) in [5.74, 6) is -0.612. The lowest BCUT2D eigenvalue weighted by atomic mass is 10.1. The van der Waals surface area contributed by atoms with E-state index in [1.54, 1.807) is 24.4 Å². The van der Waals surface area contributed by atoms with E-state index in [4.69, 9.17) is 16.7 Å². The Hall–Kier alpha value is -2.81. The zero-order valence-electron chi connectivity index (χ0n) is 8.79. The van der Waals surface area contributed by atoms with Gasteiger partial charge in [0.1, 0.15) is 11.8 Å². The zero-order valence-corrected chi connectivity index (χ0v) is 8.79. The minimum atomic E-state index is -0.612. The van der Waals surface area contributed by atoms with Gasteiger partial charge in [-0.05, 0) is 18.2 Å². The third kappa shape index (κ3) is 1.81. The molecule has 0 spiro atoms. The van der Waals surface area contributed by atoms with Crippen molar-refractivity contribution >= 4 is 11.6 Å². The van der Waals surface area contributed by atoms with E-state index in [0.29, 0.717) is 16.9 Å². The summed E-state index contributed by atoms with van der Waals surface area (Å²) in [6.45, 7) is 0. The number of hydrogen-bond donors (Lipinski definition) is 2. The minimum absolute atomic E-state index is 0.145. The van der Waals surface area contributed by atoms with E-state index in [-0.39, 0.29) is 5.69 Å². The van der Waals surface area contributed by atoms with Crippen LogP contribution in [0, 0.1) is 11.3 Å². The summed E-state index contributed by atoms with van der Waals surface area (Å²) < 4.78 is 1.41. The van der Waals surface area contributed by atoms with Crippen LogP contribution in [0.25, 0.3) is 5.69 Å². The fourth-order valence-corrected chi connectivity index (χ4v) is 1.44. The second-order valence-electron chi connectivity index (χ2n) is 3.36. The molecule has 0 unspecified atom stereocenters. The predicted octanol–water partition coefficient (Wildman–Crippen LogP) is 0.425. The smallest absolute Gasteiger partial charge is 0.269 e. The van der Waals surface area contributed by atoms with Gasteiger partial charge in [0.05, 0.1) is 16.9 Å². The zero-order chi connectivity index (χ0) is 12.4. The summed E-state index contributed by atoms with van der Waals surface area (Å²) in [6.07, 6.45) is 1.56. The number of nitrogens with two attached hydrogens (primary N) is 2. The summed E-state index contributed by atoms with van der Waals surface area (Å²) in [7, 11) is 0. The van der Waals surface area contributed by atoms with Gasteiger partial charge in [-0.15, -0.1) is 0 Å². The molecule has 0 saturated heterocycles. The molecule has 0 aliphatic heterocycles. The topological polar surface area (TPSA) is 111 Å². The van der Waals surface area contributed by atoms with Crippen molar-refractivity contribution in [3.05, 3.63) is 41.7 Å². The fourth-order valence-electron chi connectivity index (χ4n) is 1.44. The van der Waals surface area contributed by atoms with Crippen LogP contribution in [0.3, 0.4) is 0 Å². The lowest BCUT2D eigenvalue weighted by Gasteiger charge is -2.06. The normalized spacial score (nSPS) is 9.82. The van der Waals surface area contributed by atoms with Crippen molar-refractivity contribution in [3.8, 4) is 11.8 Å². The van der Waals surface area contributed by atoms with E-state index >= 15 is 0 Å². The van der Waals surface area contributed by atoms with E-state index < -0.39 is 5.91 Å². The molecule has 0 aliphatic carbocycles. The maximum absolute atomic E-state index is 10.9. The third-order valence-electron chi connectivity index (χ3n) is 2.29. The lowest BCUT2D eigenvalue weighted by Crippen LogP contribution is -2.12. The molecule has 1 aromatic heterocycles. The van der Waals surface area contributed by atoms with Gasteiger partial charge in [-0.2, -0.15) is 10.4 Å². The van der Waals surface area contributed by atoms with E-state index in [1.807, 2.05) is 6.07 Å². The molecule has 0 radical (unpaired) electrons. The van der Waals surface area contributed by atoms with E-state index in [1.165, 1.54) is 10.7 Å². The minimum Gasteiger partial charge on any atom is -0.396 e. The van der Waals surface area contributed by atoms with Gasteiger partial charge in [-0.3, -0.25) is 4.79 Å². The van der Waals surface area contributed by atoms with Gasteiger partial charge in [-0.25, -0.2) is 4.68 Å². The quantitative estimate of drug-likeness (QED) is 0.724. The van der Waals surface area contributed by atoms with Gasteiger partial charge in [0, 0.05) is 6.20 Å². The highest BCUT2D eigenvalue weighted by atomic mass is 16.1. The lowest BCUT2D eigenvalue weighted by molar-refractivity contribution is 0.0995. The highest BCUT2D eigenvalue weighted by molar-refractivity contribution is 5.90. The molecular formula is C11H9N5O. The van der Waals surface area contributed by atoms with Crippen molar-refractivity contribution in [2.45, 2.75) is 0 Å². The molecule has 2 aromatic rings. The summed E-state index contributed by atoms with van der Waals surface area (Å²) in [6, 6.07) is 8.47. The summed E-state index contributed by atoms with van der Waals surface area (Å²) in [5.41, 5.74) is 12.3. The Morgan fingerprint density at radius 3 is 2.76 bits per heavy atom. The number of hydrogen-bond acceptors (Lipinski definition) is 4. The standard InChI is InChI=1S/C11H9N5O/c12-6-7-2-1-3-9(10(7)13)16-5-4-8(15-16)11(14)17/h1-5H,13H2,(H2,14,17). The molecule has 0 aliphatic rings. The Bertz CT molecular complexity index is 623. The first-order chi connectivity index (χ1) is 8.13. The largest absolute Gasteiger partial charge is 0.396 e. The first-order valence-electron chi connectivity index (χ1n) is 4.78. The van der Waals surface area contributed by atoms with Crippen LogP contribution in [-0.4, -0.2) is 15.7 Å². The van der Waals surface area contributed by atoms with Gasteiger partial charge < -0.3 is 11.5 Å². The van der Waals surface area contributed by atoms with Crippen LogP contribution in [-0.2, 0) is 0 Å². The molecule has 6 heteroatoms. The molecule has 6 nitrogen and oxygen atoms in total. The highest BCUT2D eigenvalue weighted by Gasteiger charge is 2.09. The van der Waals surface area contributed by atoms with Crippen LogP contribution in [0.2, 0.25) is 0 Å². The molecule has 0 bridgehead atoms. The van der Waals surface area contributed by atoms with E-state index in [2.05, 4.69) is 5.10 Å². The molecule has 1 aromatic carbocycles. The second-order valence-corrected chi connectivity index (χ2v) is 3.36. The van der Waals surface area contributed by atoms with Crippen LogP contribution >= 0.6 is 0 Å². The van der Waals surface area contributed by atoms with Gasteiger partial charge in [-0.1, -0.05) is 6.07 Å². The molecule has 17 heavy (non-hydrogen) atoms. The number of carbonyl (C=O) groups is 1. The number of nitrogens with zero attached hydrogens (tertiary/aromatic N) is 3. The Kier molecular flexibility index (Phi) is 2.51. The van der Waals surface area contributed by atoms with Crippen molar-refractivity contribution < 1.29 is 4.79 Å². The predicted molar refractivity (Wildman–Crippen MR) is 61.2 cm³/mol. The van der Waals surface area contributed by atoms with Crippen LogP contribution < -0.4 is 11.5 Å². The number of para-hydroxylation sites is 1. The van der Waals surface area contributed by atoms with Crippen molar-refractivity contribution in [1.82, 2.24) is 9.78 Å². The molecular weight excluding hydrogens is 218 g/mol. The number of amides is 1. The molecule has 0 fully saturated rings. The van der Waals surface area contributed by atoms with Crippen LogP contribution in [0.1, 0.15) is 16.1 Å². The summed E-state index contributed by atoms with van der Waals surface area (Å²) in [4.78, 5) is 10.9. The molecule has 1 amide bonds. The molecule has 2 rings (SSSR count). The van der Waals surface area contributed by atoms with E-state index in [9.17, 15) is 4.79 Å². The molecule has 0 atom stereocenters. The highest BCUT2D eigenvalue weighted by Crippen LogP contribution is 2.20. The van der Waals surface area contributed by atoms with Gasteiger partial charge in [0.15, 0.2) is 0 Å². The fraction of sp³-hybridized carbons (Fsp3) is 0. The van der Waals surface area contributed by atoms with Crippen molar-refractivity contribution in [2.75, 3.05) is 5.73 Å². The van der Waals surface area contributed by atoms with Gasteiger partial charge in [0.25, 0.3) is 5.91 Å². The van der Waals surface area contributed by atoms with Crippen molar-refractivity contribution in [1.29, 1.82) is 5.26 Å². The number of benzene rings is 1. The van der Waals surface area contributed by atoms with Crippen molar-refractivity contribution in [2.24, 2.45) is 5.73 Å². The van der Waals surface area contributed by atoms with Crippen LogP contribution in [0.5, 0.6) is 0 Å². The number of aromatic nitrogens is 2. The Labute approximate surface area is 97.1 Å². The number of nitrogen functional groups attached to an aromatic ring is 1. The second kappa shape index (κ2) is 3.98. The maximum atomic E-state index is 10.9. The average molecular weight is 227 g/mol. The molecule has 0 saturated carbocycles. The Morgan fingerprint density at radius 1 is 1.41 bits per heavy atom. The first-order valence-corrected chi connectivity index (χ1v) is 4.78. The number of rotatable bonds is 2. The van der Waals surface area contributed by atoms with Crippen LogP contribution in [0.15, 0.2) is 30.5 Å². The molecule has 1 heterocycles. The summed E-state index contributed by atoms with van der Waals surface area (Å²) in [5, 5.41) is 12.8. The monoisotopic (exact) mass is 227 g/mol. The number of primary amides is 1.